The number of piperidine rings is 1. The van der Waals surface area contributed by atoms with Gasteiger partial charge in [-0.05, 0) is 69.1 Å². The van der Waals surface area contributed by atoms with E-state index in [1.807, 2.05) is 37.3 Å². The molecule has 0 bridgehead atoms. The third-order valence-corrected chi connectivity index (χ3v) is 5.62. The molecule has 0 radical (unpaired) electrons. The van der Waals surface area contributed by atoms with Crippen LogP contribution in [0, 0.1) is 6.92 Å². The molecule has 1 aromatic carbocycles. The van der Waals surface area contributed by atoms with Crippen LogP contribution in [0.3, 0.4) is 0 Å². The summed E-state index contributed by atoms with van der Waals surface area (Å²) >= 11 is 6.11. The second-order valence-electron chi connectivity index (χ2n) is 7.67. The van der Waals surface area contributed by atoms with Crippen molar-refractivity contribution in [2.45, 2.75) is 38.6 Å². The molecule has 29 heavy (non-hydrogen) atoms. The van der Waals surface area contributed by atoms with E-state index >= 15 is 0 Å². The molecule has 1 aromatic heterocycles. The molecule has 156 valence electrons. The van der Waals surface area contributed by atoms with Gasteiger partial charge in [0, 0.05) is 43.4 Å². The lowest BCUT2D eigenvalue weighted by molar-refractivity contribution is 0.0945. The largest absolute Gasteiger partial charge is 0.385 e. The number of nitrogens with zero attached hydrogens (tertiary/aromatic N) is 2. The first-order chi connectivity index (χ1) is 14.1. The Kier molecular flexibility index (Phi) is 8.04. The van der Waals surface area contributed by atoms with Gasteiger partial charge in [-0.25, -0.2) is 0 Å². The van der Waals surface area contributed by atoms with Gasteiger partial charge in [0.05, 0.1) is 11.3 Å². The summed E-state index contributed by atoms with van der Waals surface area (Å²) in [5, 5.41) is 3.78. The average Bonchev–Trinajstić information content (AvgIpc) is 2.71. The van der Waals surface area contributed by atoms with E-state index in [0.717, 1.165) is 55.3 Å². The van der Waals surface area contributed by atoms with Crippen LogP contribution in [0.1, 0.15) is 52.5 Å². The molecule has 3 rings (SSSR count). The standard InChI is InChI=1S/C23H30ClN3O2/c1-17-7-8-21(23(28)25-11-4-14-29-2)22(26-17)19-9-12-27(13-10-19)16-18-5-3-6-20(24)15-18/h3,5-8,15,19H,4,9-14,16H2,1-2H3,(H,25,28). The number of hydrogen-bond donors (Lipinski definition) is 1. The van der Waals surface area contributed by atoms with Gasteiger partial charge in [-0.1, -0.05) is 23.7 Å². The Morgan fingerprint density at radius 2 is 2.07 bits per heavy atom. The number of nitrogens with one attached hydrogen (secondary N) is 1. The highest BCUT2D eigenvalue weighted by Gasteiger charge is 2.26. The highest BCUT2D eigenvalue weighted by atomic mass is 35.5. The molecule has 0 spiro atoms. The molecule has 0 unspecified atom stereocenters. The van der Waals surface area contributed by atoms with Crippen molar-refractivity contribution in [3.05, 3.63) is 63.9 Å². The van der Waals surface area contributed by atoms with Gasteiger partial charge >= 0.3 is 0 Å². The molecule has 2 heterocycles. The quantitative estimate of drug-likeness (QED) is 0.657. The first-order valence-electron chi connectivity index (χ1n) is 10.3. The maximum Gasteiger partial charge on any atom is 0.253 e. The molecule has 0 aliphatic carbocycles. The van der Waals surface area contributed by atoms with E-state index in [-0.39, 0.29) is 5.91 Å². The third kappa shape index (κ3) is 6.26. The van der Waals surface area contributed by atoms with Gasteiger partial charge in [0.1, 0.15) is 0 Å². The minimum Gasteiger partial charge on any atom is -0.385 e. The maximum absolute atomic E-state index is 12.7. The minimum atomic E-state index is -0.0371. The van der Waals surface area contributed by atoms with Crippen LogP contribution in [0.5, 0.6) is 0 Å². The van der Waals surface area contributed by atoms with Gasteiger partial charge in [-0.2, -0.15) is 0 Å². The summed E-state index contributed by atoms with van der Waals surface area (Å²) in [6.45, 7) is 6.12. The fourth-order valence-corrected chi connectivity index (χ4v) is 4.06. The Morgan fingerprint density at radius 3 is 2.79 bits per heavy atom. The Balaban J connectivity index is 1.62. The Bertz CT molecular complexity index is 820. The number of methoxy groups -OCH3 is 1. The summed E-state index contributed by atoms with van der Waals surface area (Å²) in [4.78, 5) is 19.9. The molecule has 0 saturated carbocycles. The van der Waals surface area contributed by atoms with Crippen LogP contribution in [0.25, 0.3) is 0 Å². The monoisotopic (exact) mass is 415 g/mol. The number of aryl methyl sites for hydroxylation is 1. The summed E-state index contributed by atoms with van der Waals surface area (Å²) in [6.07, 6.45) is 2.81. The number of halogens is 1. The van der Waals surface area contributed by atoms with Crippen molar-refractivity contribution in [2.24, 2.45) is 0 Å². The molecule has 1 N–H and O–H groups in total. The lowest BCUT2D eigenvalue weighted by Gasteiger charge is -2.32. The first-order valence-corrected chi connectivity index (χ1v) is 10.7. The zero-order chi connectivity index (χ0) is 20.6. The topological polar surface area (TPSA) is 54.5 Å². The molecule has 6 heteroatoms. The van der Waals surface area contributed by atoms with Gasteiger partial charge in [0.25, 0.3) is 5.91 Å². The molecule has 1 amide bonds. The number of amides is 1. The van der Waals surface area contributed by atoms with Crippen molar-refractivity contribution >= 4 is 17.5 Å². The van der Waals surface area contributed by atoms with Crippen molar-refractivity contribution < 1.29 is 9.53 Å². The first kappa shape index (κ1) is 21.8. The maximum atomic E-state index is 12.7. The van der Waals surface area contributed by atoms with Gasteiger partial charge in [0.2, 0.25) is 0 Å². The molecule has 1 fully saturated rings. The summed E-state index contributed by atoms with van der Waals surface area (Å²) in [6, 6.07) is 11.9. The number of ether oxygens (including phenoxy) is 1. The second-order valence-corrected chi connectivity index (χ2v) is 8.10. The fraction of sp³-hybridized carbons (Fsp3) is 0.478. The number of rotatable bonds is 8. The molecular weight excluding hydrogens is 386 g/mol. The van der Waals surface area contributed by atoms with Crippen LogP contribution in [0.4, 0.5) is 0 Å². The number of pyridine rings is 1. The van der Waals surface area contributed by atoms with Crippen LogP contribution in [-0.4, -0.2) is 49.1 Å². The molecule has 1 saturated heterocycles. The van der Waals surface area contributed by atoms with E-state index in [2.05, 4.69) is 16.3 Å². The number of hydrogen-bond acceptors (Lipinski definition) is 4. The van der Waals surface area contributed by atoms with E-state index in [1.165, 1.54) is 5.56 Å². The van der Waals surface area contributed by atoms with Crippen molar-refractivity contribution in [3.63, 3.8) is 0 Å². The second kappa shape index (κ2) is 10.7. The number of aromatic nitrogens is 1. The van der Waals surface area contributed by atoms with Crippen LogP contribution < -0.4 is 5.32 Å². The highest BCUT2D eigenvalue weighted by Crippen LogP contribution is 2.30. The lowest BCUT2D eigenvalue weighted by Crippen LogP contribution is -2.34. The summed E-state index contributed by atoms with van der Waals surface area (Å²) in [5.41, 5.74) is 3.84. The zero-order valence-corrected chi connectivity index (χ0v) is 18.0. The van der Waals surface area contributed by atoms with E-state index < -0.39 is 0 Å². The van der Waals surface area contributed by atoms with Crippen LogP contribution in [0.15, 0.2) is 36.4 Å². The fourth-order valence-electron chi connectivity index (χ4n) is 3.85. The molecule has 1 aliphatic rings. The predicted molar refractivity (Wildman–Crippen MR) is 117 cm³/mol. The molecular formula is C23H30ClN3O2. The molecule has 0 atom stereocenters. The van der Waals surface area contributed by atoms with Crippen molar-refractivity contribution in [1.29, 1.82) is 0 Å². The van der Waals surface area contributed by atoms with Gasteiger partial charge < -0.3 is 10.1 Å². The molecule has 5 nitrogen and oxygen atoms in total. The normalized spacial score (nSPS) is 15.4. The van der Waals surface area contributed by atoms with Gasteiger partial charge in [-0.15, -0.1) is 0 Å². The van der Waals surface area contributed by atoms with Crippen molar-refractivity contribution in [1.82, 2.24) is 15.2 Å². The van der Waals surface area contributed by atoms with E-state index in [0.29, 0.717) is 24.6 Å². The Hall–Kier alpha value is -1.95. The van der Waals surface area contributed by atoms with E-state index in [1.54, 1.807) is 7.11 Å². The smallest absolute Gasteiger partial charge is 0.253 e. The van der Waals surface area contributed by atoms with Crippen LogP contribution >= 0.6 is 11.6 Å². The lowest BCUT2D eigenvalue weighted by atomic mass is 9.89. The molecule has 1 aliphatic heterocycles. The summed E-state index contributed by atoms with van der Waals surface area (Å²) in [5.74, 6) is 0.273. The Labute approximate surface area is 178 Å². The Morgan fingerprint density at radius 1 is 1.28 bits per heavy atom. The van der Waals surface area contributed by atoms with Crippen LogP contribution in [0.2, 0.25) is 5.02 Å². The average molecular weight is 416 g/mol. The SMILES string of the molecule is COCCCNC(=O)c1ccc(C)nc1C1CCN(Cc2cccc(Cl)c2)CC1. The number of carbonyl (C=O) groups is 1. The summed E-state index contributed by atoms with van der Waals surface area (Å²) < 4.78 is 5.05. The third-order valence-electron chi connectivity index (χ3n) is 5.39. The highest BCUT2D eigenvalue weighted by molar-refractivity contribution is 6.30. The van der Waals surface area contributed by atoms with Crippen molar-refractivity contribution in [3.8, 4) is 0 Å². The zero-order valence-electron chi connectivity index (χ0n) is 17.3. The number of likely N-dealkylation sites (tertiary alicyclic amines) is 1. The minimum absolute atomic E-state index is 0.0371. The molecule has 2 aromatic rings. The van der Waals surface area contributed by atoms with E-state index in [4.69, 9.17) is 21.3 Å². The van der Waals surface area contributed by atoms with Crippen molar-refractivity contribution in [2.75, 3.05) is 33.4 Å². The predicted octanol–water partition coefficient (Wildman–Crippen LogP) is 4.19. The number of benzene rings is 1. The van der Waals surface area contributed by atoms with Gasteiger partial charge in [0.15, 0.2) is 0 Å². The van der Waals surface area contributed by atoms with E-state index in [9.17, 15) is 4.79 Å². The van der Waals surface area contributed by atoms with Crippen LogP contribution in [-0.2, 0) is 11.3 Å². The number of carbonyl (C=O) groups excluding carboxylic acids is 1. The van der Waals surface area contributed by atoms with Gasteiger partial charge in [-0.3, -0.25) is 14.7 Å². The summed E-state index contributed by atoms with van der Waals surface area (Å²) in [7, 11) is 1.67.